The van der Waals surface area contributed by atoms with Crippen LogP contribution in [0.4, 0.5) is 0 Å². The van der Waals surface area contributed by atoms with E-state index in [2.05, 4.69) is 15.5 Å². The number of carbonyl (C=O) groups excluding carboxylic acids is 1. The van der Waals surface area contributed by atoms with Crippen LogP contribution in [0.5, 0.6) is 11.5 Å². The molecule has 7 nitrogen and oxygen atoms in total. The standard InChI is InChI=1S/C13H18N2O5/c1-9(14-19-4)13(16)15-20-8-10-5-6-11(17-2)12(7-10)18-3/h5-7H,8H2,1-4H3,(H,15,16)/b14-9+. The molecule has 0 aromatic heterocycles. The second-order valence-electron chi connectivity index (χ2n) is 3.77. The highest BCUT2D eigenvalue weighted by molar-refractivity contribution is 6.37. The summed E-state index contributed by atoms with van der Waals surface area (Å²) in [6, 6.07) is 5.33. The predicted molar refractivity (Wildman–Crippen MR) is 72.6 cm³/mol. The molecule has 0 aliphatic rings. The number of hydrogen-bond acceptors (Lipinski definition) is 6. The van der Waals surface area contributed by atoms with Gasteiger partial charge in [-0.25, -0.2) is 5.48 Å². The Morgan fingerprint density at radius 1 is 1.20 bits per heavy atom. The summed E-state index contributed by atoms with van der Waals surface area (Å²) < 4.78 is 10.3. The van der Waals surface area contributed by atoms with Gasteiger partial charge >= 0.3 is 0 Å². The number of nitrogens with zero attached hydrogens (tertiary/aromatic N) is 1. The summed E-state index contributed by atoms with van der Waals surface area (Å²) in [4.78, 5) is 21.0. The highest BCUT2D eigenvalue weighted by Gasteiger charge is 2.08. The van der Waals surface area contributed by atoms with Crippen LogP contribution < -0.4 is 15.0 Å². The number of benzene rings is 1. The Hall–Kier alpha value is -2.28. The SMILES string of the molecule is CO/N=C(\C)C(=O)NOCc1ccc(OC)c(OC)c1. The molecular weight excluding hydrogens is 264 g/mol. The molecule has 0 saturated heterocycles. The van der Waals surface area contributed by atoms with Gasteiger partial charge in [-0.05, 0) is 24.6 Å². The Kier molecular flexibility index (Phi) is 6.31. The van der Waals surface area contributed by atoms with Crippen molar-refractivity contribution in [3.8, 4) is 11.5 Å². The zero-order valence-electron chi connectivity index (χ0n) is 11.9. The zero-order chi connectivity index (χ0) is 15.0. The molecule has 0 atom stereocenters. The number of rotatable bonds is 7. The van der Waals surface area contributed by atoms with Crippen molar-refractivity contribution in [3.63, 3.8) is 0 Å². The van der Waals surface area contributed by atoms with Crippen molar-refractivity contribution in [2.75, 3.05) is 21.3 Å². The summed E-state index contributed by atoms with van der Waals surface area (Å²) in [6.07, 6.45) is 0. The van der Waals surface area contributed by atoms with E-state index in [-0.39, 0.29) is 12.3 Å². The molecule has 1 aromatic carbocycles. The topological polar surface area (TPSA) is 78.4 Å². The van der Waals surface area contributed by atoms with Crippen LogP contribution in [0.2, 0.25) is 0 Å². The summed E-state index contributed by atoms with van der Waals surface area (Å²) in [7, 11) is 4.47. The van der Waals surface area contributed by atoms with Crippen LogP contribution in [0.3, 0.4) is 0 Å². The Bertz CT molecular complexity index is 488. The van der Waals surface area contributed by atoms with Crippen molar-refractivity contribution in [3.05, 3.63) is 23.8 Å². The molecule has 7 heteroatoms. The second kappa shape index (κ2) is 8.00. The number of carbonyl (C=O) groups is 1. The first-order chi connectivity index (χ1) is 9.62. The van der Waals surface area contributed by atoms with E-state index in [0.29, 0.717) is 11.5 Å². The predicted octanol–water partition coefficient (Wildman–Crippen LogP) is 1.27. The first kappa shape index (κ1) is 15.8. The van der Waals surface area contributed by atoms with Crippen molar-refractivity contribution in [1.82, 2.24) is 5.48 Å². The smallest absolute Gasteiger partial charge is 0.292 e. The molecular formula is C13H18N2O5. The summed E-state index contributed by atoms with van der Waals surface area (Å²) in [5.74, 6) is 0.757. The summed E-state index contributed by atoms with van der Waals surface area (Å²) in [6.45, 7) is 1.70. The molecule has 0 heterocycles. The van der Waals surface area contributed by atoms with E-state index in [1.54, 1.807) is 26.4 Å². The number of ether oxygens (including phenoxy) is 2. The van der Waals surface area contributed by atoms with Crippen LogP contribution >= 0.6 is 0 Å². The molecule has 0 aliphatic carbocycles. The van der Waals surface area contributed by atoms with Crippen molar-refractivity contribution in [1.29, 1.82) is 0 Å². The fourth-order valence-electron chi connectivity index (χ4n) is 1.41. The third-order valence-electron chi connectivity index (χ3n) is 2.41. The fourth-order valence-corrected chi connectivity index (χ4v) is 1.41. The number of hydrogen-bond donors (Lipinski definition) is 1. The molecule has 1 aromatic rings. The van der Waals surface area contributed by atoms with Crippen LogP contribution in [0.1, 0.15) is 12.5 Å². The molecule has 0 saturated carbocycles. The lowest BCUT2D eigenvalue weighted by molar-refractivity contribution is -0.127. The van der Waals surface area contributed by atoms with E-state index in [9.17, 15) is 4.79 Å². The van der Waals surface area contributed by atoms with Crippen molar-refractivity contribution in [2.45, 2.75) is 13.5 Å². The van der Waals surface area contributed by atoms with Crippen LogP contribution in [-0.4, -0.2) is 32.9 Å². The van der Waals surface area contributed by atoms with Gasteiger partial charge in [0.25, 0.3) is 5.91 Å². The number of nitrogens with one attached hydrogen (secondary N) is 1. The maximum absolute atomic E-state index is 11.5. The molecule has 0 aliphatic heterocycles. The first-order valence-electron chi connectivity index (χ1n) is 5.83. The highest BCUT2D eigenvalue weighted by Crippen LogP contribution is 2.27. The molecule has 0 radical (unpaired) electrons. The Morgan fingerprint density at radius 3 is 2.50 bits per heavy atom. The number of amides is 1. The number of methoxy groups -OCH3 is 2. The van der Waals surface area contributed by atoms with Crippen LogP contribution in [0.15, 0.2) is 23.4 Å². The van der Waals surface area contributed by atoms with Gasteiger partial charge in [0.2, 0.25) is 0 Å². The molecule has 1 amide bonds. The lowest BCUT2D eigenvalue weighted by Gasteiger charge is -2.10. The normalized spacial score (nSPS) is 10.9. The third kappa shape index (κ3) is 4.43. The van der Waals surface area contributed by atoms with Crippen molar-refractivity contribution in [2.24, 2.45) is 5.16 Å². The molecule has 20 heavy (non-hydrogen) atoms. The van der Waals surface area contributed by atoms with E-state index < -0.39 is 5.91 Å². The average Bonchev–Trinajstić information content (AvgIpc) is 2.47. The van der Waals surface area contributed by atoms with E-state index in [4.69, 9.17) is 14.3 Å². The molecule has 110 valence electrons. The fraction of sp³-hybridized carbons (Fsp3) is 0.385. The molecule has 1 N–H and O–H groups in total. The summed E-state index contributed by atoms with van der Waals surface area (Å²) >= 11 is 0. The average molecular weight is 282 g/mol. The minimum absolute atomic E-state index is 0.166. The van der Waals surface area contributed by atoms with Gasteiger partial charge in [0, 0.05) is 0 Å². The van der Waals surface area contributed by atoms with Gasteiger partial charge in [-0.15, -0.1) is 0 Å². The van der Waals surface area contributed by atoms with Crippen LogP contribution in [0.25, 0.3) is 0 Å². The van der Waals surface area contributed by atoms with Gasteiger partial charge < -0.3 is 14.3 Å². The molecule has 0 bridgehead atoms. The maximum atomic E-state index is 11.5. The number of oxime groups is 1. The lowest BCUT2D eigenvalue weighted by Crippen LogP contribution is -2.29. The summed E-state index contributed by atoms with van der Waals surface area (Å²) in [5.41, 5.74) is 3.25. The third-order valence-corrected chi connectivity index (χ3v) is 2.41. The monoisotopic (exact) mass is 282 g/mol. The van der Waals surface area contributed by atoms with E-state index in [1.165, 1.54) is 14.0 Å². The largest absolute Gasteiger partial charge is 0.493 e. The van der Waals surface area contributed by atoms with Gasteiger partial charge in [0.1, 0.15) is 12.8 Å². The Labute approximate surface area is 117 Å². The Balaban J connectivity index is 2.54. The lowest BCUT2D eigenvalue weighted by atomic mass is 10.2. The summed E-state index contributed by atoms with van der Waals surface area (Å²) in [5, 5.41) is 3.49. The first-order valence-corrected chi connectivity index (χ1v) is 5.83. The quantitative estimate of drug-likeness (QED) is 0.602. The van der Waals surface area contributed by atoms with Crippen molar-refractivity contribution >= 4 is 11.6 Å². The zero-order valence-corrected chi connectivity index (χ0v) is 11.9. The van der Waals surface area contributed by atoms with E-state index in [1.807, 2.05) is 6.07 Å². The Morgan fingerprint density at radius 2 is 1.90 bits per heavy atom. The van der Waals surface area contributed by atoms with Gasteiger partial charge in [-0.1, -0.05) is 11.2 Å². The molecule has 0 fully saturated rings. The highest BCUT2D eigenvalue weighted by atomic mass is 16.7. The van der Waals surface area contributed by atoms with Gasteiger partial charge in [0.15, 0.2) is 11.5 Å². The van der Waals surface area contributed by atoms with Gasteiger partial charge in [0.05, 0.1) is 20.8 Å². The van der Waals surface area contributed by atoms with Gasteiger partial charge in [-0.3, -0.25) is 9.63 Å². The molecule has 0 spiro atoms. The van der Waals surface area contributed by atoms with E-state index in [0.717, 1.165) is 5.56 Å². The minimum Gasteiger partial charge on any atom is -0.493 e. The maximum Gasteiger partial charge on any atom is 0.292 e. The van der Waals surface area contributed by atoms with E-state index >= 15 is 0 Å². The van der Waals surface area contributed by atoms with Crippen LogP contribution in [0, 0.1) is 0 Å². The minimum atomic E-state index is -0.465. The van der Waals surface area contributed by atoms with Gasteiger partial charge in [-0.2, -0.15) is 0 Å². The molecule has 0 unspecified atom stereocenters. The van der Waals surface area contributed by atoms with Crippen LogP contribution in [-0.2, 0) is 21.1 Å². The molecule has 1 rings (SSSR count). The van der Waals surface area contributed by atoms with Crippen molar-refractivity contribution < 1.29 is 23.9 Å². The second-order valence-corrected chi connectivity index (χ2v) is 3.77. The number of hydroxylamine groups is 1.